The molecule has 0 aromatic rings. The van der Waals surface area contributed by atoms with Gasteiger partial charge in [0.2, 0.25) is 12.3 Å². The Balaban J connectivity index is 2.28. The average Bonchev–Trinajstić information content (AvgIpc) is 3.13. The summed E-state index contributed by atoms with van der Waals surface area (Å²) in [6.07, 6.45) is 2.49. The van der Waals surface area contributed by atoms with Gasteiger partial charge in [-0.3, -0.25) is 9.59 Å². The van der Waals surface area contributed by atoms with E-state index >= 15 is 0 Å². The van der Waals surface area contributed by atoms with E-state index in [0.717, 1.165) is 12.8 Å². The van der Waals surface area contributed by atoms with Crippen LogP contribution in [0.5, 0.6) is 0 Å². The second kappa shape index (κ2) is 7.25. The van der Waals surface area contributed by atoms with Crippen LogP contribution in [0.2, 0.25) is 0 Å². The minimum Gasteiger partial charge on any atom is -0.480 e. The third-order valence-corrected chi connectivity index (χ3v) is 3.75. The van der Waals surface area contributed by atoms with E-state index in [2.05, 4.69) is 5.32 Å². The monoisotopic (exact) mass is 274 g/mol. The number of thioether (sulfide) groups is 1. The Morgan fingerprint density at radius 2 is 2.22 bits per heavy atom. The van der Waals surface area contributed by atoms with Gasteiger partial charge < -0.3 is 15.3 Å². The highest BCUT2D eigenvalue weighted by Gasteiger charge is 2.31. The number of carbonyl (C=O) groups is 3. The first-order valence-electron chi connectivity index (χ1n) is 5.89. The molecule has 1 atom stereocenters. The van der Waals surface area contributed by atoms with Crippen molar-refractivity contribution in [3.05, 3.63) is 0 Å². The van der Waals surface area contributed by atoms with Crippen LogP contribution in [0.1, 0.15) is 19.8 Å². The molecule has 0 aromatic carbocycles. The molecule has 1 aliphatic carbocycles. The molecule has 0 aliphatic heterocycles. The van der Waals surface area contributed by atoms with Gasteiger partial charge in [-0.2, -0.15) is 0 Å². The lowest BCUT2D eigenvalue weighted by Gasteiger charge is -2.20. The van der Waals surface area contributed by atoms with Crippen molar-refractivity contribution in [3.63, 3.8) is 0 Å². The van der Waals surface area contributed by atoms with Crippen molar-refractivity contribution in [2.75, 3.05) is 18.1 Å². The Kier molecular flexibility index (Phi) is 5.97. The summed E-state index contributed by atoms with van der Waals surface area (Å²) in [5.41, 5.74) is 0. The summed E-state index contributed by atoms with van der Waals surface area (Å²) in [6, 6.07) is -0.553. The molecule has 2 N–H and O–H groups in total. The normalized spacial score (nSPS) is 15.8. The third kappa shape index (κ3) is 4.56. The SMILES string of the molecule is CCN(C(=O)CSCC(NC=O)C(=O)O)C1CC1. The maximum absolute atomic E-state index is 11.8. The quantitative estimate of drug-likeness (QED) is 0.575. The van der Waals surface area contributed by atoms with Crippen molar-refractivity contribution in [1.82, 2.24) is 10.2 Å². The van der Waals surface area contributed by atoms with Gasteiger partial charge in [-0.1, -0.05) is 0 Å². The van der Waals surface area contributed by atoms with E-state index in [1.54, 1.807) is 0 Å². The minimum atomic E-state index is -1.09. The predicted octanol–water partition coefficient (Wildman–Crippen LogP) is -0.0703. The van der Waals surface area contributed by atoms with Crippen molar-refractivity contribution in [2.24, 2.45) is 0 Å². The molecule has 18 heavy (non-hydrogen) atoms. The molecule has 0 radical (unpaired) electrons. The van der Waals surface area contributed by atoms with Crippen LogP contribution in [0.3, 0.4) is 0 Å². The first-order chi connectivity index (χ1) is 8.60. The van der Waals surface area contributed by atoms with Gasteiger partial charge >= 0.3 is 5.97 Å². The Hall–Kier alpha value is -1.24. The number of aliphatic carboxylic acids is 1. The number of hydrogen-bond donors (Lipinski definition) is 2. The van der Waals surface area contributed by atoms with Crippen LogP contribution < -0.4 is 5.32 Å². The van der Waals surface area contributed by atoms with Crippen molar-refractivity contribution in [3.8, 4) is 0 Å². The number of amides is 2. The van der Waals surface area contributed by atoms with E-state index in [1.165, 1.54) is 11.8 Å². The highest BCUT2D eigenvalue weighted by molar-refractivity contribution is 8.00. The maximum atomic E-state index is 11.8. The molecule has 1 rings (SSSR count). The van der Waals surface area contributed by atoms with Crippen LogP contribution in [0, 0.1) is 0 Å². The molecular weight excluding hydrogens is 256 g/mol. The summed E-state index contributed by atoms with van der Waals surface area (Å²) in [5.74, 6) is -0.590. The van der Waals surface area contributed by atoms with Crippen LogP contribution in [-0.2, 0) is 14.4 Å². The first-order valence-corrected chi connectivity index (χ1v) is 7.05. The number of nitrogens with one attached hydrogen (secondary N) is 1. The fraction of sp³-hybridized carbons (Fsp3) is 0.727. The minimum absolute atomic E-state index is 0.0419. The molecule has 0 bridgehead atoms. The number of carboxylic acid groups (broad SMARTS) is 1. The van der Waals surface area contributed by atoms with Crippen LogP contribution in [-0.4, -0.2) is 58.4 Å². The van der Waals surface area contributed by atoms with Crippen molar-refractivity contribution in [1.29, 1.82) is 0 Å². The molecule has 1 aliphatic rings. The zero-order valence-electron chi connectivity index (χ0n) is 10.3. The number of nitrogens with zero attached hydrogens (tertiary/aromatic N) is 1. The smallest absolute Gasteiger partial charge is 0.327 e. The molecule has 0 aromatic heterocycles. The molecule has 7 heteroatoms. The molecule has 1 saturated carbocycles. The predicted molar refractivity (Wildman–Crippen MR) is 68.4 cm³/mol. The van der Waals surface area contributed by atoms with Gasteiger partial charge in [0.25, 0.3) is 0 Å². The van der Waals surface area contributed by atoms with E-state index in [0.29, 0.717) is 19.0 Å². The second-order valence-corrected chi connectivity index (χ2v) is 5.13. The lowest BCUT2D eigenvalue weighted by molar-refractivity contribution is -0.139. The van der Waals surface area contributed by atoms with Gasteiger partial charge in [0, 0.05) is 18.3 Å². The van der Waals surface area contributed by atoms with Crippen molar-refractivity contribution < 1.29 is 19.5 Å². The maximum Gasteiger partial charge on any atom is 0.327 e. The molecular formula is C11H18N2O4S. The summed E-state index contributed by atoms with van der Waals surface area (Å²) in [4.78, 5) is 34.6. The van der Waals surface area contributed by atoms with Gasteiger partial charge in [0.15, 0.2) is 0 Å². The number of carbonyl (C=O) groups excluding carboxylic acids is 2. The first kappa shape index (κ1) is 14.8. The zero-order chi connectivity index (χ0) is 13.5. The zero-order valence-corrected chi connectivity index (χ0v) is 11.1. The molecule has 2 amide bonds. The van der Waals surface area contributed by atoms with E-state index in [4.69, 9.17) is 5.11 Å². The standard InChI is InChI=1S/C11H18N2O4S/c1-2-13(8-3-4-8)10(15)6-18-5-9(11(16)17)12-7-14/h7-9H,2-6H2,1H3,(H,12,14)(H,16,17). The topological polar surface area (TPSA) is 86.7 Å². The Morgan fingerprint density at radius 3 is 2.67 bits per heavy atom. The Morgan fingerprint density at radius 1 is 1.56 bits per heavy atom. The van der Waals surface area contributed by atoms with Gasteiger partial charge in [-0.25, -0.2) is 4.79 Å². The largest absolute Gasteiger partial charge is 0.480 e. The summed E-state index contributed by atoms with van der Waals surface area (Å²) in [6.45, 7) is 2.63. The molecule has 0 heterocycles. The number of carboxylic acids is 1. The van der Waals surface area contributed by atoms with E-state index < -0.39 is 12.0 Å². The Labute approximate surface area is 110 Å². The number of rotatable bonds is 9. The summed E-state index contributed by atoms with van der Waals surface area (Å²) < 4.78 is 0. The molecule has 0 saturated heterocycles. The molecule has 102 valence electrons. The van der Waals surface area contributed by atoms with Crippen LogP contribution >= 0.6 is 11.8 Å². The van der Waals surface area contributed by atoms with Crippen LogP contribution in [0.4, 0.5) is 0 Å². The molecule has 0 spiro atoms. The number of hydrogen-bond acceptors (Lipinski definition) is 4. The van der Waals surface area contributed by atoms with Gasteiger partial charge in [-0.05, 0) is 19.8 Å². The highest BCUT2D eigenvalue weighted by Crippen LogP contribution is 2.27. The summed E-state index contributed by atoms with van der Waals surface area (Å²) in [5, 5.41) is 11.0. The molecule has 6 nitrogen and oxygen atoms in total. The van der Waals surface area contributed by atoms with Crippen LogP contribution in [0.15, 0.2) is 0 Å². The van der Waals surface area contributed by atoms with Gasteiger partial charge in [0.1, 0.15) is 6.04 Å². The van der Waals surface area contributed by atoms with E-state index in [1.807, 2.05) is 11.8 Å². The molecule has 1 unspecified atom stereocenters. The lowest BCUT2D eigenvalue weighted by Crippen LogP contribution is -2.39. The van der Waals surface area contributed by atoms with Crippen molar-refractivity contribution in [2.45, 2.75) is 31.8 Å². The second-order valence-electron chi connectivity index (χ2n) is 4.10. The fourth-order valence-electron chi connectivity index (χ4n) is 1.64. The van der Waals surface area contributed by atoms with Crippen LogP contribution in [0.25, 0.3) is 0 Å². The van der Waals surface area contributed by atoms with E-state index in [-0.39, 0.29) is 17.4 Å². The van der Waals surface area contributed by atoms with Gasteiger partial charge in [-0.15, -0.1) is 11.8 Å². The average molecular weight is 274 g/mol. The highest BCUT2D eigenvalue weighted by atomic mass is 32.2. The summed E-state index contributed by atoms with van der Waals surface area (Å²) >= 11 is 1.23. The fourth-order valence-corrected chi connectivity index (χ4v) is 2.58. The van der Waals surface area contributed by atoms with E-state index in [9.17, 15) is 14.4 Å². The Bertz CT molecular complexity index is 320. The van der Waals surface area contributed by atoms with Crippen molar-refractivity contribution >= 4 is 30.0 Å². The lowest BCUT2D eigenvalue weighted by atomic mass is 10.3. The summed E-state index contributed by atoms with van der Waals surface area (Å²) in [7, 11) is 0. The third-order valence-electron chi connectivity index (χ3n) is 2.73. The molecule has 1 fully saturated rings. The van der Waals surface area contributed by atoms with Gasteiger partial charge in [0.05, 0.1) is 5.75 Å².